The molecule has 1 aromatic rings. The zero-order valence-electron chi connectivity index (χ0n) is 7.21. The van der Waals surface area contributed by atoms with Crippen molar-refractivity contribution in [2.75, 3.05) is 7.11 Å². The summed E-state index contributed by atoms with van der Waals surface area (Å²) in [6.07, 6.45) is 0. The van der Waals surface area contributed by atoms with Crippen molar-refractivity contribution in [3.05, 3.63) is 33.8 Å². The summed E-state index contributed by atoms with van der Waals surface area (Å²) < 4.78 is 5.85. The Balaban J connectivity index is 3.10. The van der Waals surface area contributed by atoms with Crippen molar-refractivity contribution in [1.82, 2.24) is 0 Å². The Bertz CT molecular complexity index is 325. The summed E-state index contributed by atoms with van der Waals surface area (Å²) in [6, 6.07) is 5.28. The maximum Gasteiger partial charge on any atom is 0.249 e. The lowest BCUT2D eigenvalue weighted by Crippen LogP contribution is -2.13. The number of carbonyl (C=O) groups excluding carboxylic acids is 1. The van der Waals surface area contributed by atoms with Crippen LogP contribution in [-0.4, -0.2) is 13.0 Å². The van der Waals surface area contributed by atoms with Gasteiger partial charge in [0, 0.05) is 17.1 Å². The zero-order chi connectivity index (χ0) is 9.84. The molecule has 13 heavy (non-hydrogen) atoms. The standard InChI is InChI=1S/C9H10BrNO2/c1-13-5-6-4-7(10)2-3-8(6)9(11)12/h2-4H,5H2,1H3,(H2,11,12). The van der Waals surface area contributed by atoms with Crippen LogP contribution in [0.4, 0.5) is 0 Å². The first-order valence-electron chi connectivity index (χ1n) is 3.72. The lowest BCUT2D eigenvalue weighted by molar-refractivity contribution is 0.0995. The van der Waals surface area contributed by atoms with E-state index in [-0.39, 0.29) is 0 Å². The van der Waals surface area contributed by atoms with Gasteiger partial charge in [-0.1, -0.05) is 15.9 Å². The minimum absolute atomic E-state index is 0.387. The van der Waals surface area contributed by atoms with Crippen LogP contribution in [-0.2, 0) is 11.3 Å². The number of methoxy groups -OCH3 is 1. The highest BCUT2D eigenvalue weighted by atomic mass is 79.9. The molecule has 0 heterocycles. The Morgan fingerprint density at radius 3 is 2.85 bits per heavy atom. The van der Waals surface area contributed by atoms with Gasteiger partial charge in [-0.2, -0.15) is 0 Å². The van der Waals surface area contributed by atoms with Gasteiger partial charge in [0.1, 0.15) is 0 Å². The van der Waals surface area contributed by atoms with E-state index in [1.165, 1.54) is 0 Å². The van der Waals surface area contributed by atoms with Crippen LogP contribution < -0.4 is 5.73 Å². The highest BCUT2D eigenvalue weighted by Gasteiger charge is 2.07. The van der Waals surface area contributed by atoms with Crippen molar-refractivity contribution in [1.29, 1.82) is 0 Å². The van der Waals surface area contributed by atoms with E-state index in [4.69, 9.17) is 10.5 Å². The Kier molecular flexibility index (Phi) is 3.45. The Morgan fingerprint density at radius 1 is 1.62 bits per heavy atom. The molecule has 2 N–H and O–H groups in total. The van der Waals surface area contributed by atoms with Crippen molar-refractivity contribution in [3.8, 4) is 0 Å². The van der Waals surface area contributed by atoms with Gasteiger partial charge in [-0.25, -0.2) is 0 Å². The van der Waals surface area contributed by atoms with E-state index >= 15 is 0 Å². The average molecular weight is 244 g/mol. The number of halogens is 1. The van der Waals surface area contributed by atoms with Crippen molar-refractivity contribution in [2.45, 2.75) is 6.61 Å². The fourth-order valence-electron chi connectivity index (χ4n) is 1.08. The number of ether oxygens (including phenoxy) is 1. The van der Waals surface area contributed by atoms with Gasteiger partial charge in [-0.05, 0) is 23.8 Å². The lowest BCUT2D eigenvalue weighted by atomic mass is 10.1. The second kappa shape index (κ2) is 4.39. The third kappa shape index (κ3) is 2.54. The molecule has 0 fully saturated rings. The summed E-state index contributed by atoms with van der Waals surface area (Å²) in [5, 5.41) is 0. The number of carbonyl (C=O) groups is 1. The summed E-state index contributed by atoms with van der Waals surface area (Å²) in [4.78, 5) is 11.0. The van der Waals surface area contributed by atoms with Crippen molar-refractivity contribution >= 4 is 21.8 Å². The predicted octanol–water partition coefficient (Wildman–Crippen LogP) is 1.69. The average Bonchev–Trinajstić information content (AvgIpc) is 2.04. The molecule has 1 amide bonds. The molecule has 3 nitrogen and oxygen atoms in total. The van der Waals surface area contributed by atoms with Crippen LogP contribution in [0.1, 0.15) is 15.9 Å². The van der Waals surface area contributed by atoms with Gasteiger partial charge in [0.25, 0.3) is 0 Å². The summed E-state index contributed by atoms with van der Waals surface area (Å²) in [5.41, 5.74) is 6.49. The molecule has 0 spiro atoms. The summed E-state index contributed by atoms with van der Waals surface area (Å²) in [7, 11) is 1.58. The summed E-state index contributed by atoms with van der Waals surface area (Å²) in [6.45, 7) is 0.387. The second-order valence-corrected chi connectivity index (χ2v) is 3.51. The van der Waals surface area contributed by atoms with Gasteiger partial charge >= 0.3 is 0 Å². The molecule has 0 atom stereocenters. The van der Waals surface area contributed by atoms with Crippen molar-refractivity contribution in [3.63, 3.8) is 0 Å². The fraction of sp³-hybridized carbons (Fsp3) is 0.222. The molecular weight excluding hydrogens is 234 g/mol. The summed E-state index contributed by atoms with van der Waals surface area (Å²) in [5.74, 6) is -0.431. The molecule has 4 heteroatoms. The van der Waals surface area contributed by atoms with Gasteiger partial charge in [0.2, 0.25) is 5.91 Å². The molecule has 0 aromatic heterocycles. The second-order valence-electron chi connectivity index (χ2n) is 2.60. The molecule has 1 rings (SSSR count). The Hall–Kier alpha value is -0.870. The third-order valence-electron chi connectivity index (χ3n) is 1.63. The van der Waals surface area contributed by atoms with Crippen molar-refractivity contribution < 1.29 is 9.53 Å². The minimum Gasteiger partial charge on any atom is -0.380 e. The topological polar surface area (TPSA) is 52.3 Å². The van der Waals surface area contributed by atoms with Gasteiger partial charge in [-0.3, -0.25) is 4.79 Å². The highest BCUT2D eigenvalue weighted by Crippen LogP contribution is 2.16. The molecular formula is C9H10BrNO2. The first-order chi connectivity index (χ1) is 6.15. The summed E-state index contributed by atoms with van der Waals surface area (Å²) >= 11 is 3.31. The zero-order valence-corrected chi connectivity index (χ0v) is 8.80. The van der Waals surface area contributed by atoms with E-state index in [0.717, 1.165) is 10.0 Å². The van der Waals surface area contributed by atoms with E-state index in [1.54, 1.807) is 19.2 Å². The smallest absolute Gasteiger partial charge is 0.249 e. The molecule has 0 bridgehead atoms. The minimum atomic E-state index is -0.431. The largest absolute Gasteiger partial charge is 0.380 e. The number of hydrogen-bond donors (Lipinski definition) is 1. The van der Waals surface area contributed by atoms with E-state index < -0.39 is 5.91 Å². The molecule has 70 valence electrons. The van der Waals surface area contributed by atoms with E-state index in [9.17, 15) is 4.79 Å². The first-order valence-corrected chi connectivity index (χ1v) is 4.51. The number of primary amides is 1. The van der Waals surface area contributed by atoms with Gasteiger partial charge in [0.05, 0.1) is 6.61 Å². The van der Waals surface area contributed by atoms with Crippen LogP contribution in [0.25, 0.3) is 0 Å². The van der Waals surface area contributed by atoms with Gasteiger partial charge in [0.15, 0.2) is 0 Å². The van der Waals surface area contributed by atoms with Crippen LogP contribution >= 0.6 is 15.9 Å². The predicted molar refractivity (Wildman–Crippen MR) is 53.4 cm³/mol. The molecule has 1 aromatic carbocycles. The quantitative estimate of drug-likeness (QED) is 0.879. The molecule has 0 aliphatic rings. The maximum absolute atomic E-state index is 11.0. The highest BCUT2D eigenvalue weighted by molar-refractivity contribution is 9.10. The number of nitrogens with two attached hydrogens (primary N) is 1. The van der Waals surface area contributed by atoms with Crippen LogP contribution in [0.5, 0.6) is 0 Å². The van der Waals surface area contributed by atoms with Crippen molar-refractivity contribution in [2.24, 2.45) is 5.73 Å². The van der Waals surface area contributed by atoms with Crippen LogP contribution in [0.3, 0.4) is 0 Å². The third-order valence-corrected chi connectivity index (χ3v) is 2.13. The molecule has 0 saturated heterocycles. The number of hydrogen-bond acceptors (Lipinski definition) is 2. The lowest BCUT2D eigenvalue weighted by Gasteiger charge is -2.05. The maximum atomic E-state index is 11.0. The van der Waals surface area contributed by atoms with E-state index in [1.807, 2.05) is 6.07 Å². The SMILES string of the molecule is COCc1cc(Br)ccc1C(N)=O. The van der Waals surface area contributed by atoms with E-state index in [0.29, 0.717) is 12.2 Å². The van der Waals surface area contributed by atoms with E-state index in [2.05, 4.69) is 15.9 Å². The molecule has 0 aliphatic heterocycles. The van der Waals surface area contributed by atoms with Crippen LogP contribution in [0.15, 0.2) is 22.7 Å². The fourth-order valence-corrected chi connectivity index (χ4v) is 1.49. The molecule has 0 aliphatic carbocycles. The van der Waals surface area contributed by atoms with Crippen LogP contribution in [0, 0.1) is 0 Å². The van der Waals surface area contributed by atoms with Crippen LogP contribution in [0.2, 0.25) is 0 Å². The first kappa shape index (κ1) is 10.2. The number of rotatable bonds is 3. The van der Waals surface area contributed by atoms with Gasteiger partial charge in [-0.15, -0.1) is 0 Å². The Labute approximate surface area is 85.0 Å². The Morgan fingerprint density at radius 2 is 2.31 bits per heavy atom. The molecule has 0 radical (unpaired) electrons. The normalized spacial score (nSPS) is 10.0. The number of amides is 1. The van der Waals surface area contributed by atoms with Gasteiger partial charge < -0.3 is 10.5 Å². The molecule has 0 saturated carbocycles. The number of benzene rings is 1. The monoisotopic (exact) mass is 243 g/mol. The molecule has 0 unspecified atom stereocenters.